The summed E-state index contributed by atoms with van der Waals surface area (Å²) in [6, 6.07) is 21.0. The minimum atomic E-state index is -3.75. The Labute approximate surface area is 228 Å². The number of hydrogen-bond acceptors (Lipinski definition) is 10. The van der Waals surface area contributed by atoms with Gasteiger partial charge in [0, 0.05) is 31.4 Å². The number of methoxy groups -OCH3 is 1. The molecule has 0 bridgehead atoms. The predicted octanol–water partition coefficient (Wildman–Crippen LogP) is 4.34. The molecule has 10 nitrogen and oxygen atoms in total. The molecule has 0 spiro atoms. The van der Waals surface area contributed by atoms with Crippen molar-refractivity contribution in [3.63, 3.8) is 0 Å². The van der Waals surface area contributed by atoms with Gasteiger partial charge < -0.3 is 25.2 Å². The molecular weight excluding hydrogens is 514 g/mol. The number of para-hydroxylation sites is 1. The quantitative estimate of drug-likeness (QED) is 0.331. The van der Waals surface area contributed by atoms with Crippen molar-refractivity contribution in [3.05, 3.63) is 79.1 Å². The van der Waals surface area contributed by atoms with E-state index in [2.05, 4.69) is 48.5 Å². The molecule has 0 radical (unpaired) electrons. The van der Waals surface area contributed by atoms with Crippen LogP contribution in [0.25, 0.3) is 0 Å². The molecule has 202 valence electrons. The molecule has 0 aliphatic carbocycles. The highest BCUT2D eigenvalue weighted by Gasteiger charge is 2.21. The van der Waals surface area contributed by atoms with Crippen LogP contribution in [0.15, 0.2) is 88.9 Å². The van der Waals surface area contributed by atoms with Crippen molar-refractivity contribution < 1.29 is 13.2 Å². The fourth-order valence-electron chi connectivity index (χ4n) is 4.47. The molecule has 39 heavy (non-hydrogen) atoms. The number of aromatic nitrogens is 3. The highest BCUT2D eigenvalue weighted by Crippen LogP contribution is 2.32. The Morgan fingerprint density at radius 3 is 2.31 bits per heavy atom. The lowest BCUT2D eigenvalue weighted by Gasteiger charge is -2.24. The number of ether oxygens (including phenoxy) is 1. The number of hydrogen-bond donors (Lipinski definition) is 2. The number of sulfone groups is 1. The van der Waals surface area contributed by atoms with Crippen molar-refractivity contribution in [1.29, 1.82) is 0 Å². The fraction of sp³-hybridized carbons (Fsp3) is 0.250. The lowest BCUT2D eigenvalue weighted by Crippen LogP contribution is -2.28. The van der Waals surface area contributed by atoms with E-state index in [0.717, 1.165) is 38.3 Å². The second kappa shape index (κ2) is 11.7. The Balaban J connectivity index is 1.36. The first kappa shape index (κ1) is 26.4. The van der Waals surface area contributed by atoms with Gasteiger partial charge in [-0.1, -0.05) is 30.3 Å². The molecule has 0 unspecified atom stereocenters. The topological polar surface area (TPSA) is 113 Å². The van der Waals surface area contributed by atoms with E-state index in [1.165, 1.54) is 6.33 Å². The van der Waals surface area contributed by atoms with E-state index in [-0.39, 0.29) is 15.7 Å². The SMILES string of the molecule is COc1cc(N2CCCN(C)CC2)ccc1Nc1ncnc(Nc2ccccc2S(=O)(=O)c2ccccc2)n1. The largest absolute Gasteiger partial charge is 0.494 e. The van der Waals surface area contributed by atoms with Crippen LogP contribution in [0.5, 0.6) is 5.75 Å². The van der Waals surface area contributed by atoms with Gasteiger partial charge in [0.05, 0.1) is 28.3 Å². The monoisotopic (exact) mass is 545 g/mol. The lowest BCUT2D eigenvalue weighted by molar-refractivity contribution is 0.360. The average Bonchev–Trinajstić information content (AvgIpc) is 3.18. The second-order valence-electron chi connectivity index (χ2n) is 9.22. The van der Waals surface area contributed by atoms with Crippen LogP contribution in [0, 0.1) is 0 Å². The van der Waals surface area contributed by atoms with Crippen molar-refractivity contribution in [1.82, 2.24) is 19.9 Å². The summed E-state index contributed by atoms with van der Waals surface area (Å²) >= 11 is 0. The Morgan fingerprint density at radius 1 is 0.821 bits per heavy atom. The van der Waals surface area contributed by atoms with Crippen molar-refractivity contribution >= 4 is 38.8 Å². The first-order chi connectivity index (χ1) is 18.9. The molecule has 2 heterocycles. The molecule has 1 aliphatic heterocycles. The molecule has 1 saturated heterocycles. The Hall–Kier alpha value is -4.22. The molecule has 1 aliphatic rings. The zero-order valence-electron chi connectivity index (χ0n) is 21.9. The summed E-state index contributed by atoms with van der Waals surface area (Å²) in [6.07, 6.45) is 2.47. The smallest absolute Gasteiger partial charge is 0.232 e. The van der Waals surface area contributed by atoms with Gasteiger partial charge in [-0.15, -0.1) is 0 Å². The Bertz CT molecular complexity index is 1530. The van der Waals surface area contributed by atoms with Gasteiger partial charge in [0.1, 0.15) is 12.1 Å². The Kier molecular flexibility index (Phi) is 7.89. The maximum Gasteiger partial charge on any atom is 0.232 e. The third kappa shape index (κ3) is 6.10. The highest BCUT2D eigenvalue weighted by atomic mass is 32.2. The van der Waals surface area contributed by atoms with Crippen molar-refractivity contribution in [2.45, 2.75) is 16.2 Å². The summed E-state index contributed by atoms with van der Waals surface area (Å²) in [7, 11) is 0.0298. The summed E-state index contributed by atoms with van der Waals surface area (Å²) in [4.78, 5) is 17.9. The summed E-state index contributed by atoms with van der Waals surface area (Å²) in [6.45, 7) is 4.05. The third-order valence-electron chi connectivity index (χ3n) is 6.56. The van der Waals surface area contributed by atoms with Gasteiger partial charge in [-0.05, 0) is 56.4 Å². The van der Waals surface area contributed by atoms with E-state index in [4.69, 9.17) is 4.74 Å². The van der Waals surface area contributed by atoms with Gasteiger partial charge in [0.2, 0.25) is 21.7 Å². The predicted molar refractivity (Wildman–Crippen MR) is 152 cm³/mol. The van der Waals surface area contributed by atoms with Crippen LogP contribution in [0.4, 0.5) is 29.0 Å². The molecule has 2 N–H and O–H groups in total. The molecule has 0 atom stereocenters. The zero-order chi connectivity index (χ0) is 27.2. The molecule has 11 heteroatoms. The number of nitrogens with zero attached hydrogens (tertiary/aromatic N) is 5. The fourth-order valence-corrected chi connectivity index (χ4v) is 5.91. The number of benzene rings is 3. The molecule has 4 aromatic rings. The maximum atomic E-state index is 13.3. The highest BCUT2D eigenvalue weighted by molar-refractivity contribution is 7.91. The third-order valence-corrected chi connectivity index (χ3v) is 8.39. The van der Waals surface area contributed by atoms with E-state index in [1.54, 1.807) is 61.7 Å². The standard InChI is InChI=1S/C28H31N7O3S/c1-34-15-8-16-35(18-17-34)21-13-14-23(25(19-21)38-2)31-27-29-20-30-28(33-27)32-24-11-6-7-12-26(24)39(36,37)22-9-4-3-5-10-22/h3-7,9-14,19-20H,8,15-18H2,1-2H3,(H2,29,30,31,32,33). The van der Waals surface area contributed by atoms with Gasteiger partial charge in [-0.2, -0.15) is 4.98 Å². The van der Waals surface area contributed by atoms with Crippen molar-refractivity contribution in [2.24, 2.45) is 0 Å². The van der Waals surface area contributed by atoms with Crippen LogP contribution >= 0.6 is 0 Å². The average molecular weight is 546 g/mol. The van der Waals surface area contributed by atoms with Crippen molar-refractivity contribution in [2.75, 3.05) is 55.9 Å². The molecule has 0 amide bonds. The second-order valence-corrected chi connectivity index (χ2v) is 11.1. The van der Waals surface area contributed by atoms with E-state index in [9.17, 15) is 8.42 Å². The van der Waals surface area contributed by atoms with Gasteiger partial charge in [0.15, 0.2) is 0 Å². The molecule has 1 fully saturated rings. The molecule has 0 saturated carbocycles. The van der Waals surface area contributed by atoms with E-state index in [0.29, 0.717) is 23.1 Å². The van der Waals surface area contributed by atoms with Gasteiger partial charge in [-0.25, -0.2) is 18.4 Å². The van der Waals surface area contributed by atoms with Crippen LogP contribution in [0.3, 0.4) is 0 Å². The first-order valence-corrected chi connectivity index (χ1v) is 14.2. The lowest BCUT2D eigenvalue weighted by atomic mass is 10.2. The minimum absolute atomic E-state index is 0.128. The number of anilines is 5. The molecule has 1 aromatic heterocycles. The van der Waals surface area contributed by atoms with Crippen molar-refractivity contribution in [3.8, 4) is 5.75 Å². The minimum Gasteiger partial charge on any atom is -0.494 e. The molecule has 3 aromatic carbocycles. The van der Waals surface area contributed by atoms with Crippen LogP contribution in [-0.4, -0.2) is 68.6 Å². The van der Waals surface area contributed by atoms with Crippen LogP contribution in [-0.2, 0) is 9.84 Å². The van der Waals surface area contributed by atoms with E-state index >= 15 is 0 Å². The zero-order valence-corrected chi connectivity index (χ0v) is 22.7. The summed E-state index contributed by atoms with van der Waals surface area (Å²) in [5.41, 5.74) is 2.17. The molecular formula is C28H31N7O3S. The van der Waals surface area contributed by atoms with Gasteiger partial charge in [-0.3, -0.25) is 0 Å². The number of nitrogens with one attached hydrogen (secondary N) is 2. The summed E-state index contributed by atoms with van der Waals surface area (Å²) in [5, 5.41) is 6.24. The Morgan fingerprint density at radius 2 is 1.54 bits per heavy atom. The summed E-state index contributed by atoms with van der Waals surface area (Å²) in [5.74, 6) is 1.16. The van der Waals surface area contributed by atoms with E-state index < -0.39 is 9.84 Å². The maximum absolute atomic E-state index is 13.3. The summed E-state index contributed by atoms with van der Waals surface area (Å²) < 4.78 is 32.2. The van der Waals surface area contributed by atoms with Gasteiger partial charge >= 0.3 is 0 Å². The molecule has 5 rings (SSSR count). The van der Waals surface area contributed by atoms with Crippen LogP contribution in [0.2, 0.25) is 0 Å². The van der Waals surface area contributed by atoms with E-state index in [1.807, 2.05) is 12.1 Å². The van der Waals surface area contributed by atoms with Gasteiger partial charge in [0.25, 0.3) is 0 Å². The van der Waals surface area contributed by atoms with Crippen LogP contribution in [0.1, 0.15) is 6.42 Å². The number of rotatable bonds is 8. The normalized spacial score (nSPS) is 14.5. The van der Waals surface area contributed by atoms with Crippen LogP contribution < -0.4 is 20.3 Å². The number of likely N-dealkylation sites (N-methyl/N-ethyl adjacent to an activating group) is 1. The first-order valence-electron chi connectivity index (χ1n) is 12.7.